The average molecular weight is 392 g/mol. The maximum Gasteiger partial charge on any atom is 0.276 e. The van der Waals surface area contributed by atoms with E-state index in [4.69, 9.17) is 9.15 Å². The van der Waals surface area contributed by atoms with Crippen LogP contribution in [0.25, 0.3) is 17.0 Å². The Kier molecular flexibility index (Phi) is 6.34. The minimum absolute atomic E-state index is 0.198. The van der Waals surface area contributed by atoms with E-state index in [0.29, 0.717) is 11.5 Å². The third-order valence-corrected chi connectivity index (χ3v) is 4.32. The van der Waals surface area contributed by atoms with Crippen LogP contribution in [0, 0.1) is 6.92 Å². The molecule has 1 aromatic heterocycles. The molecule has 0 unspecified atom stereocenters. The lowest BCUT2D eigenvalue weighted by atomic mass is 10.0. The fourth-order valence-electron chi connectivity index (χ4n) is 2.84. The van der Waals surface area contributed by atoms with E-state index in [1.165, 1.54) is 6.08 Å². The van der Waals surface area contributed by atoms with Crippen LogP contribution >= 0.6 is 0 Å². The van der Waals surface area contributed by atoms with E-state index in [2.05, 4.69) is 24.7 Å². The van der Waals surface area contributed by atoms with Crippen molar-refractivity contribution in [3.05, 3.63) is 71.5 Å². The second kappa shape index (κ2) is 9.10. The second-order valence-corrected chi connectivity index (χ2v) is 7.04. The molecule has 6 heteroatoms. The van der Waals surface area contributed by atoms with Gasteiger partial charge in [0.05, 0.1) is 0 Å². The molecule has 0 aliphatic carbocycles. The van der Waals surface area contributed by atoms with Crippen molar-refractivity contribution in [1.82, 2.24) is 10.9 Å². The number of carbonyl (C=O) groups excluding carboxylic acids is 2. The van der Waals surface area contributed by atoms with Gasteiger partial charge in [0.2, 0.25) is 0 Å². The van der Waals surface area contributed by atoms with Gasteiger partial charge in [0, 0.05) is 11.5 Å². The Bertz CT molecular complexity index is 1020. The van der Waals surface area contributed by atoms with Crippen molar-refractivity contribution in [1.29, 1.82) is 0 Å². The zero-order valence-electron chi connectivity index (χ0n) is 16.7. The summed E-state index contributed by atoms with van der Waals surface area (Å²) in [5.74, 6) is 0.573. The van der Waals surface area contributed by atoms with Crippen molar-refractivity contribution >= 4 is 28.9 Å². The summed E-state index contributed by atoms with van der Waals surface area (Å²) in [5, 5.41) is 0.954. The first-order chi connectivity index (χ1) is 13.9. The number of aryl methyl sites for hydroxylation is 1. The summed E-state index contributed by atoms with van der Waals surface area (Å²) in [7, 11) is 0. The second-order valence-electron chi connectivity index (χ2n) is 7.04. The molecular weight excluding hydrogens is 368 g/mol. The highest BCUT2D eigenvalue weighted by Crippen LogP contribution is 2.27. The van der Waals surface area contributed by atoms with Crippen LogP contribution in [-0.2, 0) is 9.59 Å². The molecular formula is C23H24N2O4. The topological polar surface area (TPSA) is 80.6 Å². The molecule has 3 aromatic rings. The number of carbonyl (C=O) groups is 2. The van der Waals surface area contributed by atoms with Crippen molar-refractivity contribution in [3.63, 3.8) is 0 Å². The Morgan fingerprint density at radius 1 is 1.10 bits per heavy atom. The third kappa shape index (κ3) is 5.48. The highest BCUT2D eigenvalue weighted by atomic mass is 16.5. The first-order valence-corrected chi connectivity index (χ1v) is 9.41. The Labute approximate surface area is 169 Å². The molecule has 150 valence electrons. The molecule has 1 heterocycles. The van der Waals surface area contributed by atoms with Crippen molar-refractivity contribution in [3.8, 4) is 5.75 Å². The molecule has 0 saturated carbocycles. The third-order valence-electron chi connectivity index (χ3n) is 4.32. The van der Waals surface area contributed by atoms with Crippen LogP contribution < -0.4 is 15.6 Å². The van der Waals surface area contributed by atoms with E-state index in [0.717, 1.165) is 22.1 Å². The van der Waals surface area contributed by atoms with E-state index in [9.17, 15) is 9.59 Å². The zero-order chi connectivity index (χ0) is 20.8. The minimum atomic E-state index is -0.475. The first-order valence-electron chi connectivity index (χ1n) is 9.41. The van der Waals surface area contributed by atoms with Gasteiger partial charge in [-0.25, -0.2) is 0 Å². The summed E-state index contributed by atoms with van der Waals surface area (Å²) in [6.07, 6.45) is 2.83. The number of benzene rings is 2. The number of fused-ring (bicyclic) bond motifs is 1. The van der Waals surface area contributed by atoms with Crippen LogP contribution in [0.4, 0.5) is 0 Å². The number of furan rings is 1. The molecule has 0 bridgehead atoms. The van der Waals surface area contributed by atoms with Gasteiger partial charge in [-0.05, 0) is 48.2 Å². The molecule has 2 N–H and O–H groups in total. The Hall–Kier alpha value is -3.54. The van der Waals surface area contributed by atoms with Crippen molar-refractivity contribution < 1.29 is 18.7 Å². The van der Waals surface area contributed by atoms with E-state index < -0.39 is 11.8 Å². The number of ether oxygens (including phenoxy) is 1. The summed E-state index contributed by atoms with van der Waals surface area (Å²) in [5.41, 5.74) is 7.48. The van der Waals surface area contributed by atoms with E-state index in [1.807, 2.05) is 55.5 Å². The van der Waals surface area contributed by atoms with Gasteiger partial charge in [0.25, 0.3) is 11.8 Å². The quantitative estimate of drug-likeness (QED) is 0.489. The molecule has 2 aromatic carbocycles. The van der Waals surface area contributed by atoms with Gasteiger partial charge in [-0.2, -0.15) is 0 Å². The number of nitrogens with one attached hydrogen (secondary N) is 2. The number of amides is 2. The van der Waals surface area contributed by atoms with Crippen LogP contribution in [0.15, 0.2) is 59.0 Å². The van der Waals surface area contributed by atoms with Crippen LogP contribution in [0.3, 0.4) is 0 Å². The Morgan fingerprint density at radius 3 is 2.66 bits per heavy atom. The molecule has 0 saturated heterocycles. The predicted molar refractivity (Wildman–Crippen MR) is 112 cm³/mol. The summed E-state index contributed by atoms with van der Waals surface area (Å²) < 4.78 is 11.2. The van der Waals surface area contributed by atoms with Gasteiger partial charge >= 0.3 is 0 Å². The molecule has 2 amide bonds. The van der Waals surface area contributed by atoms with Crippen LogP contribution in [-0.4, -0.2) is 18.4 Å². The molecule has 0 radical (unpaired) electrons. The van der Waals surface area contributed by atoms with E-state index in [-0.39, 0.29) is 12.5 Å². The van der Waals surface area contributed by atoms with Gasteiger partial charge in [-0.3, -0.25) is 20.4 Å². The molecule has 0 aliphatic heterocycles. The Morgan fingerprint density at radius 2 is 1.90 bits per heavy atom. The lowest BCUT2D eigenvalue weighted by Crippen LogP contribution is -2.43. The maximum atomic E-state index is 12.0. The molecule has 0 spiro atoms. The molecule has 0 fully saturated rings. The predicted octanol–water partition coefficient (Wildman–Crippen LogP) is 4.10. The molecule has 29 heavy (non-hydrogen) atoms. The fraction of sp³-hybridized carbons (Fsp3) is 0.217. The highest BCUT2D eigenvalue weighted by Gasteiger charge is 2.10. The van der Waals surface area contributed by atoms with Gasteiger partial charge in [0.1, 0.15) is 17.1 Å². The summed E-state index contributed by atoms with van der Waals surface area (Å²) in [6.45, 7) is 5.89. The van der Waals surface area contributed by atoms with Crippen molar-refractivity contribution in [2.75, 3.05) is 6.61 Å². The molecule has 3 rings (SSSR count). The monoisotopic (exact) mass is 392 g/mol. The first kappa shape index (κ1) is 20.2. The average Bonchev–Trinajstić information content (AvgIpc) is 3.12. The maximum absolute atomic E-state index is 12.0. The smallest absolute Gasteiger partial charge is 0.276 e. The standard InChI is InChI=1S/C23H24N2O4/c1-15(2)19-10-8-16(3)12-21(19)28-14-23(27)25-24-22(26)11-9-18-13-17-6-4-5-7-20(17)29-18/h4-13,15H,14H2,1-3H3,(H,24,26)(H,25,27)/b11-9+. The summed E-state index contributed by atoms with van der Waals surface area (Å²) in [6, 6.07) is 15.3. The summed E-state index contributed by atoms with van der Waals surface area (Å²) in [4.78, 5) is 23.9. The lowest BCUT2D eigenvalue weighted by molar-refractivity contribution is -0.128. The van der Waals surface area contributed by atoms with E-state index in [1.54, 1.807) is 6.08 Å². The minimum Gasteiger partial charge on any atom is -0.483 e. The van der Waals surface area contributed by atoms with Crippen molar-refractivity contribution in [2.24, 2.45) is 0 Å². The fourth-order valence-corrected chi connectivity index (χ4v) is 2.84. The Balaban J connectivity index is 1.49. The van der Waals surface area contributed by atoms with Crippen molar-refractivity contribution in [2.45, 2.75) is 26.7 Å². The SMILES string of the molecule is Cc1ccc(C(C)C)c(OCC(=O)NNC(=O)/C=C/c2cc3ccccc3o2)c1. The number of rotatable bonds is 6. The molecule has 6 nitrogen and oxygen atoms in total. The molecule has 0 aliphatic rings. The van der Waals surface area contributed by atoms with Gasteiger partial charge in [-0.15, -0.1) is 0 Å². The normalized spacial score (nSPS) is 11.2. The number of hydrogen-bond acceptors (Lipinski definition) is 4. The summed E-state index contributed by atoms with van der Waals surface area (Å²) >= 11 is 0. The van der Waals surface area contributed by atoms with Gasteiger partial charge in [-0.1, -0.05) is 44.2 Å². The number of para-hydroxylation sites is 1. The van der Waals surface area contributed by atoms with Crippen LogP contribution in [0.1, 0.15) is 36.7 Å². The van der Waals surface area contributed by atoms with Gasteiger partial charge < -0.3 is 9.15 Å². The van der Waals surface area contributed by atoms with Gasteiger partial charge in [0.15, 0.2) is 6.61 Å². The van der Waals surface area contributed by atoms with Crippen LogP contribution in [0.5, 0.6) is 5.75 Å². The van der Waals surface area contributed by atoms with Crippen LogP contribution in [0.2, 0.25) is 0 Å². The zero-order valence-corrected chi connectivity index (χ0v) is 16.7. The lowest BCUT2D eigenvalue weighted by Gasteiger charge is -2.14. The molecule has 0 atom stereocenters. The largest absolute Gasteiger partial charge is 0.483 e. The number of hydrogen-bond donors (Lipinski definition) is 2. The number of hydrazine groups is 1. The highest BCUT2D eigenvalue weighted by molar-refractivity contribution is 5.93. The van der Waals surface area contributed by atoms with E-state index >= 15 is 0 Å².